The number of likely N-dealkylation sites (tertiary alicyclic amines) is 2. The van der Waals surface area contributed by atoms with Crippen LogP contribution in [0.1, 0.15) is 31.2 Å². The Kier molecular flexibility index (Phi) is 5.54. The molecule has 25 heavy (non-hydrogen) atoms. The molecule has 2 aliphatic rings. The van der Waals surface area contributed by atoms with Gasteiger partial charge in [0.15, 0.2) is 11.6 Å². The van der Waals surface area contributed by atoms with E-state index in [2.05, 4.69) is 16.1 Å². The van der Waals surface area contributed by atoms with Gasteiger partial charge in [0.05, 0.1) is 0 Å². The lowest BCUT2D eigenvalue weighted by molar-refractivity contribution is 0.192. The molecule has 0 spiro atoms. The molecular weight excluding hydrogens is 324 g/mol. The molecule has 0 saturated carbocycles. The summed E-state index contributed by atoms with van der Waals surface area (Å²) in [4.78, 5) is 16.4. The van der Waals surface area contributed by atoms with Gasteiger partial charge < -0.3 is 15.1 Å². The summed E-state index contributed by atoms with van der Waals surface area (Å²) in [7, 11) is 0. The third-order valence-corrected chi connectivity index (χ3v) is 4.98. The number of anilines is 1. The van der Waals surface area contributed by atoms with E-state index >= 15 is 0 Å². The van der Waals surface area contributed by atoms with Gasteiger partial charge in [-0.2, -0.15) is 0 Å². The Labute approximate surface area is 147 Å². The molecule has 2 amide bonds. The number of halogens is 2. The lowest BCUT2D eigenvalue weighted by atomic mass is 10.1. The molecule has 2 fully saturated rings. The van der Waals surface area contributed by atoms with Gasteiger partial charge >= 0.3 is 6.03 Å². The molecule has 1 aromatic carbocycles. The van der Waals surface area contributed by atoms with Crippen molar-refractivity contribution >= 4 is 11.7 Å². The van der Waals surface area contributed by atoms with E-state index in [1.165, 1.54) is 19.3 Å². The van der Waals surface area contributed by atoms with Crippen molar-refractivity contribution in [3.8, 4) is 12.3 Å². The fourth-order valence-corrected chi connectivity index (χ4v) is 3.64. The van der Waals surface area contributed by atoms with Gasteiger partial charge in [-0.3, -0.25) is 0 Å². The highest BCUT2D eigenvalue weighted by Gasteiger charge is 2.29. The largest absolute Gasteiger partial charge is 0.324 e. The number of terminal acetylenes is 1. The van der Waals surface area contributed by atoms with Gasteiger partial charge in [-0.05, 0) is 50.4 Å². The third kappa shape index (κ3) is 4.29. The number of nitrogens with one attached hydrogen (secondary N) is 1. The average Bonchev–Trinajstić information content (AvgIpc) is 3.07. The minimum atomic E-state index is -0.856. The van der Waals surface area contributed by atoms with Crippen LogP contribution in [0.15, 0.2) is 12.1 Å². The number of carbonyl (C=O) groups is 1. The Morgan fingerprint density at radius 3 is 2.52 bits per heavy atom. The highest BCUT2D eigenvalue weighted by molar-refractivity contribution is 5.89. The predicted molar refractivity (Wildman–Crippen MR) is 93.3 cm³/mol. The average molecular weight is 347 g/mol. The zero-order valence-electron chi connectivity index (χ0n) is 14.2. The Bertz CT molecular complexity index is 657. The summed E-state index contributed by atoms with van der Waals surface area (Å²) < 4.78 is 27.9. The fourth-order valence-electron chi connectivity index (χ4n) is 3.64. The molecule has 2 aliphatic heterocycles. The number of hydrogen-bond donors (Lipinski definition) is 1. The van der Waals surface area contributed by atoms with E-state index in [9.17, 15) is 13.6 Å². The van der Waals surface area contributed by atoms with Crippen LogP contribution in [-0.2, 0) is 0 Å². The summed E-state index contributed by atoms with van der Waals surface area (Å²) in [6.07, 6.45) is 9.84. The van der Waals surface area contributed by atoms with Crippen LogP contribution in [0.25, 0.3) is 0 Å². The molecule has 3 rings (SSSR count). The number of rotatable bonds is 3. The molecule has 0 aromatic heterocycles. The number of piperidine rings is 1. The van der Waals surface area contributed by atoms with Crippen LogP contribution in [-0.4, -0.2) is 48.6 Å². The maximum Gasteiger partial charge on any atom is 0.322 e. The zero-order chi connectivity index (χ0) is 17.8. The minimum Gasteiger partial charge on any atom is -0.324 e. The van der Waals surface area contributed by atoms with E-state index in [4.69, 9.17) is 6.42 Å². The van der Waals surface area contributed by atoms with Crippen molar-refractivity contribution in [1.82, 2.24) is 9.80 Å². The molecule has 4 nitrogen and oxygen atoms in total. The first-order chi connectivity index (χ1) is 12.1. The molecule has 1 unspecified atom stereocenters. The fraction of sp³-hybridized carbons (Fsp3) is 0.526. The number of amides is 2. The number of benzene rings is 1. The van der Waals surface area contributed by atoms with E-state index in [-0.39, 0.29) is 5.56 Å². The van der Waals surface area contributed by atoms with Gasteiger partial charge in [0.25, 0.3) is 0 Å². The van der Waals surface area contributed by atoms with Gasteiger partial charge in [-0.1, -0.05) is 12.3 Å². The monoisotopic (exact) mass is 347 g/mol. The molecule has 0 bridgehead atoms. The van der Waals surface area contributed by atoms with E-state index in [1.807, 2.05) is 0 Å². The van der Waals surface area contributed by atoms with Crippen LogP contribution in [0.3, 0.4) is 0 Å². The van der Waals surface area contributed by atoms with Gasteiger partial charge in [-0.25, -0.2) is 13.6 Å². The smallest absolute Gasteiger partial charge is 0.322 e. The van der Waals surface area contributed by atoms with Crippen molar-refractivity contribution in [2.75, 3.05) is 38.0 Å². The standard InChI is InChI=1S/C19H23F2N3O/c1-2-14-10-16(20)18(17(21)11-14)22-19(25)24-9-6-15(13-24)12-23-7-4-3-5-8-23/h1,10-11,15H,3-9,12-13H2,(H,22,25). The van der Waals surface area contributed by atoms with Gasteiger partial charge in [0.1, 0.15) is 5.69 Å². The van der Waals surface area contributed by atoms with E-state index in [1.54, 1.807) is 4.90 Å². The van der Waals surface area contributed by atoms with Crippen molar-refractivity contribution in [2.45, 2.75) is 25.7 Å². The van der Waals surface area contributed by atoms with E-state index < -0.39 is 23.4 Å². The van der Waals surface area contributed by atoms with Crippen molar-refractivity contribution in [2.24, 2.45) is 5.92 Å². The van der Waals surface area contributed by atoms with E-state index in [0.29, 0.717) is 19.0 Å². The molecule has 1 N–H and O–H groups in total. The molecule has 1 aromatic rings. The first-order valence-electron chi connectivity index (χ1n) is 8.80. The zero-order valence-corrected chi connectivity index (χ0v) is 14.2. The van der Waals surface area contributed by atoms with Crippen LogP contribution in [0.5, 0.6) is 0 Å². The molecule has 0 aliphatic carbocycles. The molecule has 6 heteroatoms. The minimum absolute atomic E-state index is 0.107. The molecule has 2 saturated heterocycles. The lowest BCUT2D eigenvalue weighted by Crippen LogP contribution is -2.37. The number of hydrogen-bond acceptors (Lipinski definition) is 2. The second-order valence-electron chi connectivity index (χ2n) is 6.85. The second-order valence-corrected chi connectivity index (χ2v) is 6.85. The first kappa shape index (κ1) is 17.7. The first-order valence-corrected chi connectivity index (χ1v) is 8.80. The Morgan fingerprint density at radius 2 is 1.88 bits per heavy atom. The normalized spacial score (nSPS) is 21.2. The number of urea groups is 1. The SMILES string of the molecule is C#Cc1cc(F)c(NC(=O)N2CCC(CN3CCCCC3)C2)c(F)c1. The van der Waals surface area contributed by atoms with Crippen molar-refractivity contribution in [1.29, 1.82) is 0 Å². The van der Waals surface area contributed by atoms with Crippen LogP contribution < -0.4 is 5.32 Å². The second kappa shape index (κ2) is 7.83. The number of nitrogens with zero attached hydrogens (tertiary/aromatic N) is 2. The topological polar surface area (TPSA) is 35.6 Å². The molecule has 134 valence electrons. The highest BCUT2D eigenvalue weighted by Crippen LogP contribution is 2.24. The number of carbonyl (C=O) groups excluding carboxylic acids is 1. The van der Waals surface area contributed by atoms with Gasteiger partial charge in [0.2, 0.25) is 0 Å². The summed E-state index contributed by atoms with van der Waals surface area (Å²) >= 11 is 0. The van der Waals surface area contributed by atoms with Gasteiger partial charge in [-0.15, -0.1) is 6.42 Å². The summed E-state index contributed by atoms with van der Waals surface area (Å²) in [5, 5.41) is 2.35. The van der Waals surface area contributed by atoms with Crippen molar-refractivity contribution in [3.63, 3.8) is 0 Å². The predicted octanol–water partition coefficient (Wildman–Crippen LogP) is 3.29. The Balaban J connectivity index is 1.56. The highest BCUT2D eigenvalue weighted by atomic mass is 19.1. The molecular formula is C19H23F2N3O. The third-order valence-electron chi connectivity index (χ3n) is 4.98. The summed E-state index contributed by atoms with van der Waals surface area (Å²) in [5.74, 6) is 0.888. The van der Waals surface area contributed by atoms with Crippen LogP contribution >= 0.6 is 0 Å². The van der Waals surface area contributed by atoms with Crippen LogP contribution in [0, 0.1) is 29.9 Å². The lowest BCUT2D eigenvalue weighted by Gasteiger charge is -2.29. The maximum atomic E-state index is 14.0. The van der Waals surface area contributed by atoms with Crippen LogP contribution in [0.2, 0.25) is 0 Å². The van der Waals surface area contributed by atoms with Crippen LogP contribution in [0.4, 0.5) is 19.3 Å². The maximum absolute atomic E-state index is 14.0. The van der Waals surface area contributed by atoms with Crippen molar-refractivity contribution < 1.29 is 13.6 Å². The van der Waals surface area contributed by atoms with Crippen molar-refractivity contribution in [3.05, 3.63) is 29.3 Å². The van der Waals surface area contributed by atoms with Gasteiger partial charge in [0, 0.05) is 25.2 Å². The Morgan fingerprint density at radius 1 is 1.20 bits per heavy atom. The summed E-state index contributed by atoms with van der Waals surface area (Å²) in [6.45, 7) is 4.47. The molecule has 0 radical (unpaired) electrons. The Hall–Kier alpha value is -2.13. The quantitative estimate of drug-likeness (QED) is 0.852. The molecule has 2 heterocycles. The van der Waals surface area contributed by atoms with E-state index in [0.717, 1.165) is 38.2 Å². The summed E-state index contributed by atoms with van der Waals surface area (Å²) in [6, 6.07) is 1.62. The molecule has 1 atom stereocenters. The summed E-state index contributed by atoms with van der Waals surface area (Å²) in [5.41, 5.74) is -0.334.